The number of fused-ring (bicyclic) bond motifs is 1. The second-order valence-corrected chi connectivity index (χ2v) is 11.9. The van der Waals surface area contributed by atoms with Crippen molar-refractivity contribution in [1.29, 1.82) is 0 Å². The molecule has 2 aliphatic carbocycles. The number of hydrogen-bond donors (Lipinski definition) is 1. The molecule has 2 heterocycles. The van der Waals surface area contributed by atoms with E-state index in [9.17, 15) is 4.79 Å². The van der Waals surface area contributed by atoms with Crippen molar-refractivity contribution in [3.8, 4) is 0 Å². The number of nitrogens with one attached hydrogen (secondary N) is 1. The first kappa shape index (κ1) is 20.0. The number of rotatable bonds is 4. The molecule has 158 valence electrons. The van der Waals surface area contributed by atoms with Crippen LogP contribution in [0.5, 0.6) is 0 Å². The Labute approximate surface area is 184 Å². The molecule has 7 heteroatoms. The minimum Gasteiger partial charge on any atom is -0.445 e. The third-order valence-electron chi connectivity index (χ3n) is 5.98. The van der Waals surface area contributed by atoms with Crippen LogP contribution in [0, 0.1) is 5.41 Å². The van der Waals surface area contributed by atoms with Crippen LogP contribution >= 0.6 is 23.4 Å². The molecular formula is C23H25ClN2O3S. The lowest BCUT2D eigenvalue weighted by molar-refractivity contribution is -0.0256. The summed E-state index contributed by atoms with van der Waals surface area (Å²) in [6.45, 7) is 6.36. The summed E-state index contributed by atoms with van der Waals surface area (Å²) >= 11 is 7.66. The number of carbonyl (C=O) groups is 1. The van der Waals surface area contributed by atoms with E-state index in [2.05, 4.69) is 31.1 Å². The van der Waals surface area contributed by atoms with E-state index in [1.165, 1.54) is 0 Å². The number of aromatic nitrogens is 1. The van der Waals surface area contributed by atoms with Gasteiger partial charge < -0.3 is 14.2 Å². The molecule has 30 heavy (non-hydrogen) atoms. The lowest BCUT2D eigenvalue weighted by atomic mass is 9.50. The lowest BCUT2D eigenvalue weighted by Gasteiger charge is -2.57. The molecule has 0 unspecified atom stereocenters. The van der Waals surface area contributed by atoms with Crippen LogP contribution in [-0.2, 0) is 0 Å². The van der Waals surface area contributed by atoms with Gasteiger partial charge in [-0.3, -0.25) is 4.79 Å². The molecular weight excluding hydrogens is 420 g/mol. The predicted octanol–water partition coefficient (Wildman–Crippen LogP) is 6.42. The molecule has 3 aromatic rings. The quantitative estimate of drug-likeness (QED) is 0.470. The van der Waals surface area contributed by atoms with E-state index in [0.717, 1.165) is 47.8 Å². The molecule has 1 aromatic carbocycles. The van der Waals surface area contributed by atoms with E-state index < -0.39 is 0 Å². The van der Waals surface area contributed by atoms with Gasteiger partial charge in [-0.15, -0.1) is 0 Å². The maximum absolute atomic E-state index is 12.5. The first-order valence-corrected chi connectivity index (χ1v) is 11.5. The Morgan fingerprint density at radius 2 is 1.93 bits per heavy atom. The molecule has 0 aliphatic heterocycles. The Morgan fingerprint density at radius 1 is 1.17 bits per heavy atom. The van der Waals surface area contributed by atoms with Crippen molar-refractivity contribution in [1.82, 2.24) is 10.3 Å². The minimum atomic E-state index is -0.123. The van der Waals surface area contributed by atoms with Crippen molar-refractivity contribution in [3.05, 3.63) is 47.0 Å². The van der Waals surface area contributed by atoms with Gasteiger partial charge in [0.25, 0.3) is 5.91 Å². The smallest absolute Gasteiger partial charge is 0.287 e. The van der Waals surface area contributed by atoms with Crippen LogP contribution in [0.25, 0.3) is 11.1 Å². The average Bonchev–Trinajstić information content (AvgIpc) is 3.20. The fraction of sp³-hybridized carbons (Fsp3) is 0.478. The van der Waals surface area contributed by atoms with Gasteiger partial charge in [0.15, 0.2) is 22.3 Å². The summed E-state index contributed by atoms with van der Waals surface area (Å²) in [5.41, 5.74) is 1.92. The van der Waals surface area contributed by atoms with Crippen molar-refractivity contribution < 1.29 is 13.6 Å². The molecule has 2 saturated carbocycles. The normalized spacial score (nSPS) is 25.9. The van der Waals surface area contributed by atoms with Crippen LogP contribution in [0.15, 0.2) is 44.3 Å². The van der Waals surface area contributed by atoms with Crippen molar-refractivity contribution in [2.75, 3.05) is 0 Å². The predicted molar refractivity (Wildman–Crippen MR) is 118 cm³/mol. The maximum Gasteiger partial charge on any atom is 0.287 e. The summed E-state index contributed by atoms with van der Waals surface area (Å²) in [4.78, 5) is 17.1. The molecule has 1 N–H and O–H groups in total. The lowest BCUT2D eigenvalue weighted by Crippen LogP contribution is -2.55. The molecule has 5 nitrogen and oxygen atoms in total. The highest BCUT2D eigenvalue weighted by molar-refractivity contribution is 8.00. The summed E-state index contributed by atoms with van der Waals surface area (Å²) in [6, 6.07) is 9.38. The second kappa shape index (κ2) is 7.06. The van der Waals surface area contributed by atoms with Gasteiger partial charge >= 0.3 is 0 Å². The average molecular weight is 445 g/mol. The summed E-state index contributed by atoms with van der Waals surface area (Å²) in [7, 11) is 0. The molecule has 0 atom stereocenters. The first-order chi connectivity index (χ1) is 14.2. The number of furan rings is 1. The molecule has 2 aromatic heterocycles. The van der Waals surface area contributed by atoms with Gasteiger partial charge in [-0.2, -0.15) is 0 Å². The van der Waals surface area contributed by atoms with Crippen LogP contribution in [0.1, 0.15) is 68.8 Å². The molecule has 2 fully saturated rings. The largest absolute Gasteiger partial charge is 0.445 e. The van der Waals surface area contributed by atoms with Gasteiger partial charge in [-0.05, 0) is 61.4 Å². The standard InChI is InChI=1S/C23H25ClN2O3S/c1-22(2,3)30-19-7-6-18(28-19)20(27)25-15-11-23(12-15)9-13(10-23)21-26-16-8-14(24)4-5-17(16)29-21/h4-8,13,15H,9-12H2,1-3H3,(H,25,27). The summed E-state index contributed by atoms with van der Waals surface area (Å²) in [6.07, 6.45) is 4.14. The Bertz CT molecular complexity index is 1100. The summed E-state index contributed by atoms with van der Waals surface area (Å²) < 4.78 is 11.7. The van der Waals surface area contributed by atoms with E-state index in [0.29, 0.717) is 22.1 Å². The van der Waals surface area contributed by atoms with E-state index >= 15 is 0 Å². The SMILES string of the molecule is CC(C)(C)Sc1ccc(C(=O)NC2CC3(C2)CC(c2nc4cc(Cl)ccc4o2)C3)o1. The van der Waals surface area contributed by atoms with Crippen molar-refractivity contribution >= 4 is 40.4 Å². The Morgan fingerprint density at radius 3 is 2.67 bits per heavy atom. The third-order valence-corrected chi connectivity index (χ3v) is 7.25. The number of nitrogens with zero attached hydrogens (tertiary/aromatic N) is 1. The summed E-state index contributed by atoms with van der Waals surface area (Å²) in [5, 5.41) is 4.57. The molecule has 2 aliphatic rings. The van der Waals surface area contributed by atoms with E-state index in [4.69, 9.17) is 20.4 Å². The van der Waals surface area contributed by atoms with E-state index in [-0.39, 0.29) is 16.7 Å². The zero-order valence-electron chi connectivity index (χ0n) is 17.3. The monoisotopic (exact) mass is 444 g/mol. The van der Waals surface area contributed by atoms with Crippen LogP contribution in [0.4, 0.5) is 0 Å². The van der Waals surface area contributed by atoms with E-state index in [1.54, 1.807) is 17.8 Å². The number of thioether (sulfide) groups is 1. The van der Waals surface area contributed by atoms with Gasteiger partial charge in [0.05, 0.1) is 0 Å². The third kappa shape index (κ3) is 3.87. The van der Waals surface area contributed by atoms with Crippen LogP contribution in [0.2, 0.25) is 5.02 Å². The maximum atomic E-state index is 12.5. The van der Waals surface area contributed by atoms with Crippen molar-refractivity contribution in [2.45, 2.75) is 68.3 Å². The highest BCUT2D eigenvalue weighted by Crippen LogP contribution is 2.61. The fourth-order valence-electron chi connectivity index (χ4n) is 4.73. The van der Waals surface area contributed by atoms with Crippen LogP contribution in [0.3, 0.4) is 0 Å². The number of hydrogen-bond acceptors (Lipinski definition) is 5. The number of carbonyl (C=O) groups excluding carboxylic acids is 1. The first-order valence-electron chi connectivity index (χ1n) is 10.3. The number of oxazole rings is 1. The molecule has 0 radical (unpaired) electrons. The molecule has 1 amide bonds. The molecule has 1 spiro atoms. The van der Waals surface area contributed by atoms with Crippen molar-refractivity contribution in [2.24, 2.45) is 5.41 Å². The van der Waals surface area contributed by atoms with Crippen LogP contribution < -0.4 is 5.32 Å². The fourth-order valence-corrected chi connectivity index (χ4v) is 5.77. The van der Waals surface area contributed by atoms with Gasteiger partial charge in [-0.25, -0.2) is 4.98 Å². The topological polar surface area (TPSA) is 68.3 Å². The van der Waals surface area contributed by atoms with Gasteiger partial charge in [0, 0.05) is 21.7 Å². The highest BCUT2D eigenvalue weighted by atomic mass is 35.5. The summed E-state index contributed by atoms with van der Waals surface area (Å²) in [5.74, 6) is 1.43. The Kier molecular flexibility index (Phi) is 4.71. The zero-order chi connectivity index (χ0) is 21.1. The number of amides is 1. The van der Waals surface area contributed by atoms with Crippen molar-refractivity contribution in [3.63, 3.8) is 0 Å². The van der Waals surface area contributed by atoms with Gasteiger partial charge in [-0.1, -0.05) is 44.1 Å². The Balaban J connectivity index is 1.13. The second-order valence-electron chi connectivity index (χ2n) is 9.68. The Hall–Kier alpha value is -1.92. The highest BCUT2D eigenvalue weighted by Gasteiger charge is 2.54. The molecule has 0 saturated heterocycles. The van der Waals surface area contributed by atoms with Gasteiger partial charge in [0.2, 0.25) is 0 Å². The zero-order valence-corrected chi connectivity index (χ0v) is 18.9. The van der Waals surface area contributed by atoms with Gasteiger partial charge in [0.1, 0.15) is 5.52 Å². The van der Waals surface area contributed by atoms with E-state index in [1.807, 2.05) is 24.3 Å². The number of benzene rings is 1. The molecule has 5 rings (SSSR count). The van der Waals surface area contributed by atoms with Crippen LogP contribution in [-0.4, -0.2) is 21.7 Å². The number of halogens is 1. The minimum absolute atomic E-state index is 0.0493. The molecule has 0 bridgehead atoms.